The molecule has 1 unspecified atom stereocenters. The maximum Gasteiger partial charge on any atom is -0.00164 e. The van der Waals surface area contributed by atoms with Crippen LogP contribution in [0.2, 0.25) is 0 Å². The standard InChI is InChI=1S/C12H23N/c1-11-5-3-4-6-12(11)7-9-13(2)10-8-12/h11H,3-10H2,1-2H3. The molecule has 1 aliphatic carbocycles. The Hall–Kier alpha value is -0.0400. The van der Waals surface area contributed by atoms with Crippen molar-refractivity contribution in [1.29, 1.82) is 0 Å². The molecule has 76 valence electrons. The first kappa shape index (κ1) is 9.51. The zero-order valence-electron chi connectivity index (χ0n) is 9.18. The van der Waals surface area contributed by atoms with E-state index in [0.717, 1.165) is 11.3 Å². The van der Waals surface area contributed by atoms with Crippen molar-refractivity contribution in [2.75, 3.05) is 20.1 Å². The normalized spacial score (nSPS) is 35.1. The number of piperidine rings is 1. The van der Waals surface area contributed by atoms with Crippen molar-refractivity contribution >= 4 is 0 Å². The van der Waals surface area contributed by atoms with Crippen LogP contribution in [0.1, 0.15) is 45.4 Å². The van der Waals surface area contributed by atoms with E-state index in [0.29, 0.717) is 0 Å². The van der Waals surface area contributed by atoms with Crippen molar-refractivity contribution in [2.24, 2.45) is 11.3 Å². The first-order valence-corrected chi connectivity index (χ1v) is 5.91. The molecular formula is C12H23N. The third kappa shape index (κ3) is 1.76. The van der Waals surface area contributed by atoms with Gasteiger partial charge >= 0.3 is 0 Å². The molecule has 2 aliphatic rings. The first-order chi connectivity index (χ1) is 6.23. The second-order valence-electron chi connectivity index (χ2n) is 5.31. The maximum absolute atomic E-state index is 2.49. The van der Waals surface area contributed by atoms with Crippen molar-refractivity contribution in [3.05, 3.63) is 0 Å². The van der Waals surface area contributed by atoms with Crippen LogP contribution in [0.3, 0.4) is 0 Å². The quantitative estimate of drug-likeness (QED) is 0.555. The summed E-state index contributed by atoms with van der Waals surface area (Å²) in [5, 5.41) is 0. The van der Waals surface area contributed by atoms with Gasteiger partial charge in [-0.15, -0.1) is 0 Å². The lowest BCUT2D eigenvalue weighted by Crippen LogP contribution is -2.43. The number of hydrogen-bond donors (Lipinski definition) is 0. The Balaban J connectivity index is 2.01. The maximum atomic E-state index is 2.49. The van der Waals surface area contributed by atoms with Crippen LogP contribution in [-0.2, 0) is 0 Å². The van der Waals surface area contributed by atoms with Crippen LogP contribution >= 0.6 is 0 Å². The van der Waals surface area contributed by atoms with E-state index in [-0.39, 0.29) is 0 Å². The minimum absolute atomic E-state index is 0.755. The van der Waals surface area contributed by atoms with Crippen molar-refractivity contribution in [3.63, 3.8) is 0 Å². The highest BCUT2D eigenvalue weighted by atomic mass is 15.1. The zero-order valence-corrected chi connectivity index (χ0v) is 9.18. The smallest absolute Gasteiger partial charge is 0.00164 e. The summed E-state index contributed by atoms with van der Waals surface area (Å²) in [5.41, 5.74) is 0.755. The molecule has 1 heterocycles. The highest BCUT2D eigenvalue weighted by Gasteiger charge is 2.39. The molecule has 0 bridgehead atoms. The third-order valence-electron chi connectivity index (χ3n) is 4.59. The van der Waals surface area contributed by atoms with E-state index in [9.17, 15) is 0 Å². The van der Waals surface area contributed by atoms with Gasteiger partial charge in [0.2, 0.25) is 0 Å². The van der Waals surface area contributed by atoms with Crippen molar-refractivity contribution in [1.82, 2.24) is 4.90 Å². The molecule has 0 aromatic heterocycles. The highest BCUT2D eigenvalue weighted by Crippen LogP contribution is 2.48. The average Bonchev–Trinajstić information content (AvgIpc) is 2.15. The molecule has 1 spiro atoms. The lowest BCUT2D eigenvalue weighted by Gasteiger charge is -2.47. The average molecular weight is 181 g/mol. The second-order valence-corrected chi connectivity index (χ2v) is 5.31. The van der Waals surface area contributed by atoms with Crippen LogP contribution in [0.4, 0.5) is 0 Å². The predicted octanol–water partition coefficient (Wildman–Crippen LogP) is 2.91. The fourth-order valence-electron chi connectivity index (χ4n) is 3.29. The second kappa shape index (κ2) is 3.61. The van der Waals surface area contributed by atoms with Crippen LogP contribution < -0.4 is 0 Å². The molecule has 0 radical (unpaired) electrons. The minimum atomic E-state index is 0.755. The molecule has 1 heteroatoms. The topological polar surface area (TPSA) is 3.24 Å². The van der Waals surface area contributed by atoms with Gasteiger partial charge in [-0.2, -0.15) is 0 Å². The van der Waals surface area contributed by atoms with Crippen LogP contribution in [0.15, 0.2) is 0 Å². The summed E-state index contributed by atoms with van der Waals surface area (Å²) < 4.78 is 0. The summed E-state index contributed by atoms with van der Waals surface area (Å²) >= 11 is 0. The molecule has 1 saturated heterocycles. The molecule has 0 aromatic rings. The molecule has 1 atom stereocenters. The Morgan fingerprint density at radius 1 is 1.08 bits per heavy atom. The van der Waals surface area contributed by atoms with Gasteiger partial charge in [0.25, 0.3) is 0 Å². The van der Waals surface area contributed by atoms with E-state index in [1.54, 1.807) is 0 Å². The lowest BCUT2D eigenvalue weighted by molar-refractivity contribution is 0.0305. The van der Waals surface area contributed by atoms with E-state index in [4.69, 9.17) is 0 Å². The Morgan fingerprint density at radius 2 is 1.77 bits per heavy atom. The summed E-state index contributed by atoms with van der Waals surface area (Å²) in [5.74, 6) is 0.995. The zero-order chi connectivity index (χ0) is 9.31. The van der Waals surface area contributed by atoms with Crippen molar-refractivity contribution in [2.45, 2.75) is 45.4 Å². The summed E-state index contributed by atoms with van der Waals surface area (Å²) in [6, 6.07) is 0. The van der Waals surface area contributed by atoms with Gasteiger partial charge in [0.1, 0.15) is 0 Å². The van der Waals surface area contributed by atoms with E-state index in [2.05, 4.69) is 18.9 Å². The summed E-state index contributed by atoms with van der Waals surface area (Å²) in [6.45, 7) is 5.17. The summed E-state index contributed by atoms with van der Waals surface area (Å²) in [6.07, 6.45) is 8.91. The van der Waals surface area contributed by atoms with E-state index in [1.165, 1.54) is 51.6 Å². The monoisotopic (exact) mass is 181 g/mol. The SMILES string of the molecule is CC1CCCCC12CCN(C)CC2. The molecule has 0 N–H and O–H groups in total. The third-order valence-corrected chi connectivity index (χ3v) is 4.59. The van der Waals surface area contributed by atoms with E-state index in [1.807, 2.05) is 0 Å². The molecule has 0 aromatic carbocycles. The van der Waals surface area contributed by atoms with Crippen LogP contribution in [-0.4, -0.2) is 25.0 Å². The van der Waals surface area contributed by atoms with Crippen LogP contribution in [0.5, 0.6) is 0 Å². The number of hydrogen-bond acceptors (Lipinski definition) is 1. The van der Waals surface area contributed by atoms with Gasteiger partial charge in [-0.3, -0.25) is 0 Å². The van der Waals surface area contributed by atoms with Gasteiger partial charge in [-0.1, -0.05) is 26.2 Å². The van der Waals surface area contributed by atoms with Gasteiger partial charge in [0.05, 0.1) is 0 Å². The first-order valence-electron chi connectivity index (χ1n) is 5.91. The van der Waals surface area contributed by atoms with E-state index < -0.39 is 0 Å². The fraction of sp³-hybridized carbons (Fsp3) is 1.00. The minimum Gasteiger partial charge on any atom is -0.306 e. The summed E-state index contributed by atoms with van der Waals surface area (Å²) in [4.78, 5) is 2.49. The molecule has 13 heavy (non-hydrogen) atoms. The van der Waals surface area contributed by atoms with E-state index >= 15 is 0 Å². The van der Waals surface area contributed by atoms with Gasteiger partial charge < -0.3 is 4.90 Å². The van der Waals surface area contributed by atoms with Gasteiger partial charge in [-0.25, -0.2) is 0 Å². The van der Waals surface area contributed by atoms with Gasteiger partial charge in [0, 0.05) is 0 Å². The Kier molecular flexibility index (Phi) is 2.64. The molecule has 2 rings (SSSR count). The highest BCUT2D eigenvalue weighted by molar-refractivity contribution is 4.91. The Morgan fingerprint density at radius 3 is 2.38 bits per heavy atom. The van der Waals surface area contributed by atoms with Crippen molar-refractivity contribution < 1.29 is 0 Å². The fourth-order valence-corrected chi connectivity index (χ4v) is 3.29. The molecular weight excluding hydrogens is 158 g/mol. The predicted molar refractivity (Wildman–Crippen MR) is 56.8 cm³/mol. The molecule has 1 nitrogen and oxygen atoms in total. The van der Waals surface area contributed by atoms with Gasteiger partial charge in [-0.05, 0) is 50.7 Å². The molecule has 0 amide bonds. The molecule has 1 aliphatic heterocycles. The molecule has 2 fully saturated rings. The lowest BCUT2D eigenvalue weighted by atomic mass is 9.62. The van der Waals surface area contributed by atoms with Crippen molar-refractivity contribution in [3.8, 4) is 0 Å². The Bertz CT molecular complexity index is 168. The van der Waals surface area contributed by atoms with Crippen LogP contribution in [0.25, 0.3) is 0 Å². The van der Waals surface area contributed by atoms with Gasteiger partial charge in [0.15, 0.2) is 0 Å². The molecule has 1 saturated carbocycles. The number of nitrogens with zero attached hydrogens (tertiary/aromatic N) is 1. The van der Waals surface area contributed by atoms with Crippen LogP contribution in [0, 0.1) is 11.3 Å². The summed E-state index contributed by atoms with van der Waals surface area (Å²) in [7, 11) is 2.26. The Labute approximate surface area is 82.5 Å². The number of rotatable bonds is 0. The largest absolute Gasteiger partial charge is 0.306 e. The number of likely N-dealkylation sites (tertiary alicyclic amines) is 1.